The number of hydrogen-bond acceptors (Lipinski definition) is 2. The summed E-state index contributed by atoms with van der Waals surface area (Å²) >= 11 is 9.85. The number of thiol groups is 1. The van der Waals surface area contributed by atoms with Crippen LogP contribution in [0, 0.1) is 5.82 Å². The summed E-state index contributed by atoms with van der Waals surface area (Å²) in [5.74, 6) is 0.491. The Morgan fingerprint density at radius 2 is 2.13 bits per heavy atom. The molecule has 0 bridgehead atoms. The summed E-state index contributed by atoms with van der Waals surface area (Å²) in [6, 6.07) is 4.87. The van der Waals surface area contributed by atoms with Crippen LogP contribution in [-0.2, 0) is 6.42 Å². The molecule has 1 aromatic rings. The Morgan fingerprint density at radius 3 is 2.73 bits per heavy atom. The molecule has 15 heavy (non-hydrogen) atoms. The number of halogens is 2. The van der Waals surface area contributed by atoms with E-state index in [1.807, 2.05) is 7.05 Å². The van der Waals surface area contributed by atoms with Crippen molar-refractivity contribution in [3.63, 3.8) is 0 Å². The fraction of sp³-hybridized carbons (Fsp3) is 0.455. The Hall–Kier alpha value is -0.250. The third-order valence-corrected chi connectivity index (χ3v) is 2.74. The van der Waals surface area contributed by atoms with Crippen molar-refractivity contribution in [2.24, 2.45) is 0 Å². The summed E-state index contributed by atoms with van der Waals surface area (Å²) in [6.45, 7) is 1.89. The van der Waals surface area contributed by atoms with Crippen molar-refractivity contribution >= 4 is 24.2 Å². The van der Waals surface area contributed by atoms with Gasteiger partial charge < -0.3 is 4.90 Å². The minimum atomic E-state index is -0.357. The molecule has 0 N–H and O–H groups in total. The lowest BCUT2D eigenvalue weighted by molar-refractivity contribution is 0.361. The summed E-state index contributed by atoms with van der Waals surface area (Å²) in [7, 11) is 2.04. The van der Waals surface area contributed by atoms with Gasteiger partial charge in [-0.3, -0.25) is 0 Å². The van der Waals surface area contributed by atoms with Crippen molar-refractivity contribution in [3.8, 4) is 0 Å². The third-order valence-electron chi connectivity index (χ3n) is 2.25. The van der Waals surface area contributed by atoms with Gasteiger partial charge in [-0.2, -0.15) is 12.6 Å². The van der Waals surface area contributed by atoms with Gasteiger partial charge in [-0.15, -0.1) is 0 Å². The third kappa shape index (κ3) is 4.41. The average molecular weight is 248 g/mol. The quantitative estimate of drug-likeness (QED) is 0.784. The first-order valence-corrected chi connectivity index (χ1v) is 5.88. The lowest BCUT2D eigenvalue weighted by Gasteiger charge is -2.14. The largest absolute Gasteiger partial charge is 0.305 e. The molecule has 0 radical (unpaired) electrons. The van der Waals surface area contributed by atoms with Crippen LogP contribution in [0.3, 0.4) is 0 Å². The molecule has 0 aliphatic rings. The summed E-state index contributed by atoms with van der Waals surface area (Å²) in [5.41, 5.74) is 1.06. The lowest BCUT2D eigenvalue weighted by atomic mass is 10.1. The van der Waals surface area contributed by atoms with Crippen molar-refractivity contribution < 1.29 is 4.39 Å². The molecule has 0 saturated heterocycles. The monoisotopic (exact) mass is 247 g/mol. The Morgan fingerprint density at radius 1 is 1.40 bits per heavy atom. The second-order valence-corrected chi connectivity index (χ2v) is 4.38. The first kappa shape index (κ1) is 12.8. The zero-order valence-electron chi connectivity index (χ0n) is 8.71. The molecular weight excluding hydrogens is 233 g/mol. The topological polar surface area (TPSA) is 3.24 Å². The average Bonchev–Trinajstić information content (AvgIpc) is 2.20. The van der Waals surface area contributed by atoms with E-state index >= 15 is 0 Å². The minimum Gasteiger partial charge on any atom is -0.305 e. The van der Waals surface area contributed by atoms with Crippen LogP contribution in [0.2, 0.25) is 5.02 Å². The lowest BCUT2D eigenvalue weighted by Crippen LogP contribution is -2.23. The molecule has 1 aromatic carbocycles. The van der Waals surface area contributed by atoms with E-state index < -0.39 is 0 Å². The van der Waals surface area contributed by atoms with Crippen LogP contribution in [0.4, 0.5) is 4.39 Å². The molecule has 4 heteroatoms. The summed E-state index contributed by atoms with van der Waals surface area (Å²) in [4.78, 5) is 2.18. The van der Waals surface area contributed by atoms with Crippen LogP contribution >= 0.6 is 24.2 Å². The summed E-state index contributed by atoms with van der Waals surface area (Å²) in [5, 5.41) is 0.198. The number of benzene rings is 1. The van der Waals surface area contributed by atoms with Crippen molar-refractivity contribution in [1.29, 1.82) is 0 Å². The Bertz CT molecular complexity index is 319. The van der Waals surface area contributed by atoms with Gasteiger partial charge >= 0.3 is 0 Å². The van der Waals surface area contributed by atoms with Gasteiger partial charge in [0.05, 0.1) is 5.02 Å². The van der Waals surface area contributed by atoms with E-state index in [4.69, 9.17) is 11.6 Å². The highest BCUT2D eigenvalue weighted by atomic mass is 35.5. The van der Waals surface area contributed by atoms with Crippen LogP contribution in [0.25, 0.3) is 0 Å². The molecule has 0 aliphatic carbocycles. The van der Waals surface area contributed by atoms with E-state index in [1.165, 1.54) is 6.07 Å². The van der Waals surface area contributed by atoms with Crippen LogP contribution in [0.5, 0.6) is 0 Å². The van der Waals surface area contributed by atoms with Crippen LogP contribution in [0.1, 0.15) is 5.56 Å². The Kier molecular flexibility index (Phi) is 5.43. The van der Waals surface area contributed by atoms with Gasteiger partial charge in [0, 0.05) is 18.8 Å². The van der Waals surface area contributed by atoms with Crippen molar-refractivity contribution in [1.82, 2.24) is 4.90 Å². The van der Waals surface area contributed by atoms with E-state index in [9.17, 15) is 4.39 Å². The van der Waals surface area contributed by atoms with E-state index in [2.05, 4.69) is 17.5 Å². The first-order valence-electron chi connectivity index (χ1n) is 4.87. The highest BCUT2D eigenvalue weighted by molar-refractivity contribution is 7.80. The van der Waals surface area contributed by atoms with E-state index in [0.717, 1.165) is 30.8 Å². The Labute approximate surface area is 101 Å². The first-order chi connectivity index (χ1) is 7.13. The molecule has 0 amide bonds. The molecule has 0 aliphatic heterocycles. The van der Waals surface area contributed by atoms with E-state index in [0.29, 0.717) is 0 Å². The maximum atomic E-state index is 12.9. The molecule has 0 unspecified atom stereocenters. The number of rotatable bonds is 5. The minimum absolute atomic E-state index is 0.198. The number of nitrogens with zero attached hydrogens (tertiary/aromatic N) is 1. The van der Waals surface area contributed by atoms with Crippen molar-refractivity contribution in [3.05, 3.63) is 34.6 Å². The molecule has 0 aromatic heterocycles. The molecule has 0 atom stereocenters. The SMILES string of the molecule is CN(CCS)CCc1ccc(F)c(Cl)c1. The molecule has 0 spiro atoms. The maximum absolute atomic E-state index is 12.9. The standard InChI is InChI=1S/C11H15ClFNS/c1-14(6-7-15)5-4-9-2-3-11(13)10(12)8-9/h2-3,8,15H,4-7H2,1H3. The van der Waals surface area contributed by atoms with E-state index in [1.54, 1.807) is 12.1 Å². The zero-order chi connectivity index (χ0) is 11.3. The van der Waals surface area contributed by atoms with Gasteiger partial charge in [0.25, 0.3) is 0 Å². The second kappa shape index (κ2) is 6.36. The molecule has 1 rings (SSSR count). The smallest absolute Gasteiger partial charge is 0.141 e. The molecular formula is C11H15ClFNS. The van der Waals surface area contributed by atoms with Crippen molar-refractivity contribution in [2.75, 3.05) is 25.9 Å². The highest BCUT2D eigenvalue weighted by Crippen LogP contribution is 2.16. The van der Waals surface area contributed by atoms with Gasteiger partial charge in [-0.25, -0.2) is 4.39 Å². The van der Waals surface area contributed by atoms with Gasteiger partial charge in [0.2, 0.25) is 0 Å². The molecule has 0 fully saturated rings. The highest BCUT2D eigenvalue weighted by Gasteiger charge is 2.02. The summed E-state index contributed by atoms with van der Waals surface area (Å²) < 4.78 is 12.9. The zero-order valence-corrected chi connectivity index (χ0v) is 10.4. The fourth-order valence-corrected chi connectivity index (χ4v) is 1.84. The second-order valence-electron chi connectivity index (χ2n) is 3.53. The van der Waals surface area contributed by atoms with E-state index in [-0.39, 0.29) is 10.8 Å². The van der Waals surface area contributed by atoms with Crippen LogP contribution in [0.15, 0.2) is 18.2 Å². The predicted octanol–water partition coefficient (Wildman–Crippen LogP) is 2.88. The van der Waals surface area contributed by atoms with Crippen molar-refractivity contribution in [2.45, 2.75) is 6.42 Å². The number of hydrogen-bond donors (Lipinski definition) is 1. The molecule has 0 saturated carbocycles. The van der Waals surface area contributed by atoms with Crippen LogP contribution in [-0.4, -0.2) is 30.8 Å². The molecule has 1 nitrogen and oxygen atoms in total. The normalized spacial score (nSPS) is 11.0. The number of likely N-dealkylation sites (N-methyl/N-ethyl adjacent to an activating group) is 1. The molecule has 0 heterocycles. The van der Waals surface area contributed by atoms with Gasteiger partial charge in [0.15, 0.2) is 0 Å². The van der Waals surface area contributed by atoms with Crippen LogP contribution < -0.4 is 0 Å². The predicted molar refractivity (Wildman–Crippen MR) is 66.5 cm³/mol. The fourth-order valence-electron chi connectivity index (χ4n) is 1.30. The Balaban J connectivity index is 2.47. The van der Waals surface area contributed by atoms with Gasteiger partial charge in [-0.05, 0) is 31.2 Å². The van der Waals surface area contributed by atoms with Gasteiger partial charge in [-0.1, -0.05) is 17.7 Å². The maximum Gasteiger partial charge on any atom is 0.141 e. The summed E-state index contributed by atoms with van der Waals surface area (Å²) in [6.07, 6.45) is 0.879. The molecule has 84 valence electrons. The van der Waals surface area contributed by atoms with Gasteiger partial charge in [0.1, 0.15) is 5.82 Å².